The van der Waals surface area contributed by atoms with Gasteiger partial charge in [0.05, 0.1) is 24.7 Å². The maximum atomic E-state index is 12.4. The van der Waals surface area contributed by atoms with E-state index in [-0.39, 0.29) is 10.6 Å². The van der Waals surface area contributed by atoms with Crippen molar-refractivity contribution >= 4 is 21.5 Å². The predicted octanol–water partition coefficient (Wildman–Crippen LogP) is 1.10. The van der Waals surface area contributed by atoms with Crippen LogP contribution in [0.25, 0.3) is 0 Å². The average molecular weight is 370 g/mol. The Labute approximate surface area is 149 Å². The Balaban J connectivity index is 2.42. The summed E-state index contributed by atoms with van der Waals surface area (Å²) in [7, 11) is -0.617. The number of rotatable bonds is 3. The zero-order valence-electron chi connectivity index (χ0n) is 15.2. The minimum atomic E-state index is -4.45. The van der Waals surface area contributed by atoms with Crippen molar-refractivity contribution in [3.63, 3.8) is 0 Å². The summed E-state index contributed by atoms with van der Waals surface area (Å²) in [4.78, 5) is 7.72. The Morgan fingerprint density at radius 2 is 1.32 bits per heavy atom. The molecule has 0 aliphatic carbocycles. The van der Waals surface area contributed by atoms with Crippen molar-refractivity contribution in [1.29, 1.82) is 0 Å². The zero-order valence-corrected chi connectivity index (χ0v) is 16.0. The van der Waals surface area contributed by atoms with E-state index in [0.29, 0.717) is 62.0 Å². The largest absolute Gasteiger partial charge is 0.507 e. The Morgan fingerprint density at radius 1 is 0.920 bits per heavy atom. The molecule has 3 rings (SSSR count). The van der Waals surface area contributed by atoms with E-state index in [2.05, 4.69) is 0 Å². The van der Waals surface area contributed by atoms with E-state index in [1.165, 1.54) is 0 Å². The van der Waals surface area contributed by atoms with E-state index in [4.69, 9.17) is 0 Å². The van der Waals surface area contributed by atoms with E-state index in [1.54, 1.807) is 0 Å². The highest BCUT2D eigenvalue weighted by molar-refractivity contribution is 7.86. The SMILES string of the molecule is CCN1CN(C)Cc2c(O)c3c(c(S(=O)(=O)O)c21)N(CC)CN(C)C3. The zero-order chi connectivity index (χ0) is 18.5. The van der Waals surface area contributed by atoms with Crippen LogP contribution in [0.15, 0.2) is 4.90 Å². The molecule has 0 bridgehead atoms. The number of nitrogens with zero attached hydrogens (tertiary/aromatic N) is 4. The molecule has 1 aromatic rings. The number of hydrogen-bond acceptors (Lipinski definition) is 7. The van der Waals surface area contributed by atoms with Crippen molar-refractivity contribution in [2.45, 2.75) is 31.8 Å². The van der Waals surface area contributed by atoms with Crippen LogP contribution in [-0.2, 0) is 23.2 Å². The molecule has 0 atom stereocenters. The minimum absolute atomic E-state index is 0.0693. The summed E-state index contributed by atoms with van der Waals surface area (Å²) in [5.74, 6) is 0.132. The number of benzene rings is 1. The van der Waals surface area contributed by atoms with Crippen LogP contribution in [0.5, 0.6) is 5.75 Å². The van der Waals surface area contributed by atoms with Crippen molar-refractivity contribution < 1.29 is 18.1 Å². The van der Waals surface area contributed by atoms with E-state index in [9.17, 15) is 18.1 Å². The minimum Gasteiger partial charge on any atom is -0.507 e. The van der Waals surface area contributed by atoms with E-state index in [0.717, 1.165) is 0 Å². The van der Waals surface area contributed by atoms with Crippen LogP contribution < -0.4 is 9.80 Å². The maximum Gasteiger partial charge on any atom is 0.298 e. The number of fused-ring (bicyclic) bond motifs is 2. The third-order valence-corrected chi connectivity index (χ3v) is 5.81. The molecule has 0 saturated heterocycles. The lowest BCUT2D eigenvalue weighted by atomic mass is 9.98. The van der Waals surface area contributed by atoms with Crippen LogP contribution in [0.1, 0.15) is 25.0 Å². The highest BCUT2D eigenvalue weighted by Crippen LogP contribution is 2.49. The fourth-order valence-corrected chi connectivity index (χ4v) is 4.88. The Hall–Kier alpha value is -1.55. The second kappa shape index (κ2) is 6.31. The van der Waals surface area contributed by atoms with Gasteiger partial charge in [-0.25, -0.2) is 0 Å². The van der Waals surface area contributed by atoms with Crippen LogP contribution in [0.3, 0.4) is 0 Å². The molecule has 0 radical (unpaired) electrons. The van der Waals surface area contributed by atoms with Crippen LogP contribution in [0, 0.1) is 0 Å². The Bertz CT molecular complexity index is 749. The van der Waals surface area contributed by atoms with Crippen molar-refractivity contribution in [2.75, 3.05) is 50.3 Å². The second-order valence-corrected chi connectivity index (χ2v) is 8.19. The monoisotopic (exact) mass is 370 g/mol. The molecule has 2 aliphatic rings. The number of hydrogen-bond donors (Lipinski definition) is 2. The van der Waals surface area contributed by atoms with Crippen LogP contribution >= 0.6 is 0 Å². The molecule has 8 nitrogen and oxygen atoms in total. The first kappa shape index (κ1) is 18.2. The molecule has 0 saturated carbocycles. The van der Waals surface area contributed by atoms with E-state index < -0.39 is 10.1 Å². The summed E-state index contributed by atoms with van der Waals surface area (Å²) in [6, 6.07) is 0. The normalized spacial score (nSPS) is 19.1. The molecule has 2 heterocycles. The molecule has 25 heavy (non-hydrogen) atoms. The average Bonchev–Trinajstić information content (AvgIpc) is 2.53. The van der Waals surface area contributed by atoms with Crippen molar-refractivity contribution in [1.82, 2.24) is 9.80 Å². The van der Waals surface area contributed by atoms with Crippen molar-refractivity contribution in [2.24, 2.45) is 0 Å². The molecule has 2 aliphatic heterocycles. The molecular formula is C16H26N4O4S. The van der Waals surface area contributed by atoms with Crippen molar-refractivity contribution in [3.8, 4) is 5.75 Å². The second-order valence-electron chi connectivity index (χ2n) is 6.83. The highest BCUT2D eigenvalue weighted by Gasteiger charge is 2.38. The maximum absolute atomic E-state index is 12.4. The molecular weight excluding hydrogens is 344 g/mol. The lowest BCUT2D eigenvalue weighted by Crippen LogP contribution is -2.44. The van der Waals surface area contributed by atoms with Gasteiger partial charge < -0.3 is 14.9 Å². The van der Waals surface area contributed by atoms with E-state index in [1.807, 2.05) is 47.5 Å². The van der Waals surface area contributed by atoms with Gasteiger partial charge in [0, 0.05) is 37.3 Å². The van der Waals surface area contributed by atoms with Gasteiger partial charge in [0.2, 0.25) is 0 Å². The van der Waals surface area contributed by atoms with Gasteiger partial charge in [0.25, 0.3) is 10.1 Å². The molecule has 9 heteroatoms. The molecule has 0 fully saturated rings. The number of phenolic OH excluding ortho intramolecular Hbond substituents is 1. The van der Waals surface area contributed by atoms with Crippen LogP contribution in [0.4, 0.5) is 11.4 Å². The molecule has 0 amide bonds. The third-order valence-electron chi connectivity index (χ3n) is 4.91. The van der Waals surface area contributed by atoms with Gasteiger partial charge in [0.1, 0.15) is 10.6 Å². The quantitative estimate of drug-likeness (QED) is 0.765. The highest BCUT2D eigenvalue weighted by atomic mass is 32.2. The predicted molar refractivity (Wildman–Crippen MR) is 96.6 cm³/mol. The standard InChI is InChI=1S/C16H26N4O4S/c1-5-19-9-17(3)7-11-13(19)16(25(22,23)24)14-12(15(11)21)8-18(4)10-20(14)6-2/h21H,5-10H2,1-4H3,(H,22,23,24). The molecule has 140 valence electrons. The first-order chi connectivity index (χ1) is 11.7. The van der Waals surface area contributed by atoms with Crippen LogP contribution in [-0.4, -0.2) is 68.4 Å². The van der Waals surface area contributed by atoms with Gasteiger partial charge >= 0.3 is 0 Å². The molecule has 1 aromatic carbocycles. The topological polar surface area (TPSA) is 87.6 Å². The van der Waals surface area contributed by atoms with Gasteiger partial charge in [-0.05, 0) is 27.9 Å². The Kier molecular flexibility index (Phi) is 4.61. The molecule has 0 unspecified atom stereocenters. The first-order valence-corrected chi connectivity index (χ1v) is 9.88. The summed E-state index contributed by atoms with van der Waals surface area (Å²) in [5, 5.41) is 10.9. The number of aromatic hydroxyl groups is 1. The van der Waals surface area contributed by atoms with Gasteiger partial charge in [-0.1, -0.05) is 0 Å². The first-order valence-electron chi connectivity index (χ1n) is 8.44. The third kappa shape index (κ3) is 2.95. The Morgan fingerprint density at radius 3 is 1.64 bits per heavy atom. The van der Waals surface area contributed by atoms with Gasteiger partial charge in [-0.2, -0.15) is 8.42 Å². The summed E-state index contributed by atoms with van der Waals surface area (Å²) >= 11 is 0. The van der Waals surface area contributed by atoms with Crippen LogP contribution in [0.2, 0.25) is 0 Å². The fraction of sp³-hybridized carbons (Fsp3) is 0.625. The summed E-state index contributed by atoms with van der Waals surface area (Å²) in [6.07, 6.45) is 0. The van der Waals surface area contributed by atoms with Gasteiger partial charge in [0.15, 0.2) is 0 Å². The van der Waals surface area contributed by atoms with Gasteiger partial charge in [-0.3, -0.25) is 14.4 Å². The number of anilines is 2. The van der Waals surface area contributed by atoms with Crippen molar-refractivity contribution in [3.05, 3.63) is 11.1 Å². The summed E-state index contributed by atoms with van der Waals surface area (Å²) in [6.45, 7) is 6.95. The molecule has 0 aromatic heterocycles. The lowest BCUT2D eigenvalue weighted by molar-refractivity contribution is 0.286. The fourth-order valence-electron chi connectivity index (χ4n) is 3.89. The lowest BCUT2D eigenvalue weighted by Gasteiger charge is -2.42. The van der Waals surface area contributed by atoms with Gasteiger partial charge in [-0.15, -0.1) is 0 Å². The number of phenols is 1. The summed E-state index contributed by atoms with van der Waals surface area (Å²) in [5.41, 5.74) is 1.99. The smallest absolute Gasteiger partial charge is 0.298 e. The molecule has 0 spiro atoms. The summed E-state index contributed by atoms with van der Waals surface area (Å²) < 4.78 is 34.8. The molecule has 2 N–H and O–H groups in total. The van der Waals surface area contributed by atoms with E-state index >= 15 is 0 Å².